The highest BCUT2D eigenvalue weighted by Crippen LogP contribution is 2.30. The minimum atomic E-state index is -0.713. The third kappa shape index (κ3) is 2.20. The predicted molar refractivity (Wildman–Crippen MR) is 95.1 cm³/mol. The quantitative estimate of drug-likeness (QED) is 0.596. The molecule has 0 saturated heterocycles. The van der Waals surface area contributed by atoms with E-state index in [1.54, 1.807) is 54.3 Å². The van der Waals surface area contributed by atoms with E-state index >= 15 is 0 Å². The zero-order valence-electron chi connectivity index (χ0n) is 13.1. The zero-order chi connectivity index (χ0) is 17.7. The first-order chi connectivity index (χ1) is 12.0. The summed E-state index contributed by atoms with van der Waals surface area (Å²) in [6.45, 7) is 0. The van der Waals surface area contributed by atoms with Gasteiger partial charge in [0.25, 0.3) is 11.5 Å². The zero-order valence-corrected chi connectivity index (χ0v) is 13.9. The fraction of sp³-hybridized carbons (Fsp3) is 0.0588. The number of benzene rings is 1. The van der Waals surface area contributed by atoms with Crippen LogP contribution in [-0.4, -0.2) is 25.2 Å². The Kier molecular flexibility index (Phi) is 3.33. The number of carbonyl (C=O) groups excluding carboxylic acids is 1. The van der Waals surface area contributed by atoms with E-state index in [9.17, 15) is 9.59 Å². The van der Waals surface area contributed by atoms with Gasteiger partial charge in [0.1, 0.15) is 5.52 Å². The van der Waals surface area contributed by atoms with E-state index in [1.807, 2.05) is 0 Å². The molecule has 0 fully saturated rings. The maximum absolute atomic E-state index is 13.1. The average Bonchev–Trinajstić information content (AvgIpc) is 2.89. The summed E-state index contributed by atoms with van der Waals surface area (Å²) in [4.78, 5) is 29.0. The van der Waals surface area contributed by atoms with Crippen molar-refractivity contribution in [2.75, 3.05) is 0 Å². The molecule has 124 valence electrons. The summed E-state index contributed by atoms with van der Waals surface area (Å²) in [5, 5.41) is 5.86. The summed E-state index contributed by atoms with van der Waals surface area (Å²) in [6, 6.07) is 8.44. The van der Waals surface area contributed by atoms with E-state index in [0.717, 1.165) is 10.2 Å². The third-order valence-corrected chi connectivity index (χ3v) is 4.37. The van der Waals surface area contributed by atoms with Gasteiger partial charge in [-0.05, 0) is 24.3 Å². The Morgan fingerprint density at radius 2 is 1.92 bits per heavy atom. The van der Waals surface area contributed by atoms with Gasteiger partial charge in [0.15, 0.2) is 5.69 Å². The molecule has 0 aliphatic rings. The van der Waals surface area contributed by atoms with E-state index in [2.05, 4.69) is 10.1 Å². The topological polar surface area (TPSA) is 95.8 Å². The monoisotopic (exact) mass is 353 g/mol. The van der Waals surface area contributed by atoms with Crippen molar-refractivity contribution in [2.45, 2.75) is 0 Å². The number of halogens is 1. The van der Waals surface area contributed by atoms with Gasteiger partial charge in [-0.25, -0.2) is 0 Å². The predicted octanol–water partition coefficient (Wildman–Crippen LogP) is 2.02. The number of carbonyl (C=O) groups is 1. The lowest BCUT2D eigenvalue weighted by Gasteiger charge is -2.08. The summed E-state index contributed by atoms with van der Waals surface area (Å²) < 4.78 is 2.86. The number of aromatic nitrogens is 4. The highest BCUT2D eigenvalue weighted by Gasteiger charge is 2.22. The Hall–Kier alpha value is -3.19. The lowest BCUT2D eigenvalue weighted by molar-refractivity contribution is 0.0996. The van der Waals surface area contributed by atoms with Crippen molar-refractivity contribution >= 4 is 39.3 Å². The van der Waals surface area contributed by atoms with Crippen LogP contribution in [-0.2, 0) is 7.05 Å². The number of hydrogen-bond donors (Lipinski definition) is 1. The highest BCUT2D eigenvalue weighted by molar-refractivity contribution is 6.31. The molecule has 3 heterocycles. The van der Waals surface area contributed by atoms with Gasteiger partial charge in [0.05, 0.1) is 11.2 Å². The summed E-state index contributed by atoms with van der Waals surface area (Å²) in [7, 11) is 1.74. The second-order valence-corrected chi connectivity index (χ2v) is 6.02. The normalized spacial score (nSPS) is 11.3. The molecule has 4 rings (SSSR count). The minimum absolute atomic E-state index is 0.0272. The largest absolute Gasteiger partial charge is 0.364 e. The molecule has 7 nitrogen and oxygen atoms in total. The van der Waals surface area contributed by atoms with Crippen LogP contribution in [0.4, 0.5) is 0 Å². The molecule has 0 aliphatic carbocycles. The molecule has 8 heteroatoms. The smallest absolute Gasteiger partial charge is 0.296 e. The summed E-state index contributed by atoms with van der Waals surface area (Å²) in [6.07, 6.45) is 3.08. The number of primary amides is 1. The molecule has 4 aromatic rings. The van der Waals surface area contributed by atoms with E-state index in [1.165, 1.54) is 0 Å². The first-order valence-corrected chi connectivity index (χ1v) is 7.78. The van der Waals surface area contributed by atoms with Crippen molar-refractivity contribution in [3.8, 4) is 5.69 Å². The molecule has 1 aromatic carbocycles. The molecule has 3 aromatic heterocycles. The van der Waals surface area contributed by atoms with Gasteiger partial charge in [-0.1, -0.05) is 17.7 Å². The molecule has 1 amide bonds. The van der Waals surface area contributed by atoms with E-state index in [4.69, 9.17) is 17.3 Å². The summed E-state index contributed by atoms with van der Waals surface area (Å²) in [5.41, 5.74) is 6.75. The fourth-order valence-corrected chi connectivity index (χ4v) is 3.19. The van der Waals surface area contributed by atoms with Gasteiger partial charge < -0.3 is 10.3 Å². The molecule has 0 unspecified atom stereocenters. The van der Waals surface area contributed by atoms with Crippen LogP contribution >= 0.6 is 11.6 Å². The van der Waals surface area contributed by atoms with Crippen LogP contribution in [0.15, 0.2) is 47.5 Å². The molecule has 2 N–H and O–H groups in total. The van der Waals surface area contributed by atoms with Crippen molar-refractivity contribution < 1.29 is 4.79 Å². The van der Waals surface area contributed by atoms with Crippen LogP contribution < -0.4 is 11.3 Å². The Morgan fingerprint density at radius 3 is 2.60 bits per heavy atom. The van der Waals surface area contributed by atoms with Gasteiger partial charge in [-0.15, -0.1) is 0 Å². The number of pyridine rings is 1. The lowest BCUT2D eigenvalue weighted by Crippen LogP contribution is -2.27. The average molecular weight is 354 g/mol. The van der Waals surface area contributed by atoms with Crippen molar-refractivity contribution in [1.29, 1.82) is 0 Å². The minimum Gasteiger partial charge on any atom is -0.364 e. The molecular weight excluding hydrogens is 342 g/mol. The molecular formula is C17H12ClN5O2. The number of aryl methyl sites for hydroxylation is 1. The van der Waals surface area contributed by atoms with Crippen LogP contribution in [0.2, 0.25) is 5.02 Å². The Bertz CT molecular complexity index is 1210. The second kappa shape index (κ2) is 5.42. The molecule has 25 heavy (non-hydrogen) atoms. The molecule has 0 saturated carbocycles. The Labute approximate surface area is 146 Å². The molecule has 0 spiro atoms. The number of nitrogens with two attached hydrogens (primary N) is 1. The standard InChI is InChI=1S/C17H12ClN5O2/c1-22-12-8-9(18)2-3-11(12)13-14(16(19)24)21-23(17(25)15(13)22)10-4-6-20-7-5-10/h2-8H,1H3,(H2,19,24). The van der Waals surface area contributed by atoms with Crippen molar-refractivity contribution in [3.05, 3.63) is 63.8 Å². The number of fused-ring (bicyclic) bond motifs is 3. The van der Waals surface area contributed by atoms with Crippen LogP contribution in [0.1, 0.15) is 10.5 Å². The van der Waals surface area contributed by atoms with Crippen LogP contribution in [0.25, 0.3) is 27.5 Å². The van der Waals surface area contributed by atoms with Gasteiger partial charge in [-0.3, -0.25) is 14.6 Å². The Balaban J connectivity index is 2.25. The first kappa shape index (κ1) is 15.3. The fourth-order valence-electron chi connectivity index (χ4n) is 3.03. The summed E-state index contributed by atoms with van der Waals surface area (Å²) >= 11 is 6.08. The number of hydrogen-bond acceptors (Lipinski definition) is 4. The van der Waals surface area contributed by atoms with Gasteiger partial charge in [0.2, 0.25) is 0 Å². The second-order valence-electron chi connectivity index (χ2n) is 5.58. The van der Waals surface area contributed by atoms with Crippen molar-refractivity contribution in [1.82, 2.24) is 19.3 Å². The van der Waals surface area contributed by atoms with Crippen LogP contribution in [0.3, 0.4) is 0 Å². The van der Waals surface area contributed by atoms with Gasteiger partial charge >= 0.3 is 0 Å². The molecule has 0 aliphatic heterocycles. The van der Waals surface area contributed by atoms with Crippen LogP contribution in [0.5, 0.6) is 0 Å². The van der Waals surface area contributed by atoms with E-state index in [-0.39, 0.29) is 11.3 Å². The van der Waals surface area contributed by atoms with E-state index < -0.39 is 5.91 Å². The maximum Gasteiger partial charge on any atom is 0.296 e. The van der Waals surface area contributed by atoms with Crippen molar-refractivity contribution in [3.63, 3.8) is 0 Å². The SMILES string of the molecule is Cn1c2cc(Cl)ccc2c2c(C(N)=O)nn(-c3ccncc3)c(=O)c21. The molecule has 0 bridgehead atoms. The van der Waals surface area contributed by atoms with E-state index in [0.29, 0.717) is 27.0 Å². The molecule has 0 atom stereocenters. The van der Waals surface area contributed by atoms with Gasteiger partial charge in [-0.2, -0.15) is 9.78 Å². The third-order valence-electron chi connectivity index (χ3n) is 4.14. The summed E-state index contributed by atoms with van der Waals surface area (Å²) in [5.74, 6) is -0.713. The molecule has 0 radical (unpaired) electrons. The van der Waals surface area contributed by atoms with Crippen molar-refractivity contribution in [2.24, 2.45) is 12.8 Å². The number of amides is 1. The maximum atomic E-state index is 13.1. The highest BCUT2D eigenvalue weighted by atomic mass is 35.5. The Morgan fingerprint density at radius 1 is 1.20 bits per heavy atom. The van der Waals surface area contributed by atoms with Crippen LogP contribution in [0, 0.1) is 0 Å². The number of rotatable bonds is 2. The lowest BCUT2D eigenvalue weighted by atomic mass is 10.1. The first-order valence-electron chi connectivity index (χ1n) is 7.40. The van der Waals surface area contributed by atoms with Gasteiger partial charge in [0, 0.05) is 35.2 Å². The number of nitrogens with zero attached hydrogens (tertiary/aromatic N) is 4.